The number of rotatable bonds is 5. The molecule has 0 aromatic carbocycles. The van der Waals surface area contributed by atoms with E-state index in [0.717, 1.165) is 25.1 Å². The third kappa shape index (κ3) is 4.59. The summed E-state index contributed by atoms with van der Waals surface area (Å²) < 4.78 is 45.0. The average molecular weight is 502 g/mol. The molecule has 0 bridgehead atoms. The predicted molar refractivity (Wildman–Crippen MR) is 123 cm³/mol. The Morgan fingerprint density at radius 2 is 1.86 bits per heavy atom. The molecule has 3 aromatic heterocycles. The van der Waals surface area contributed by atoms with Gasteiger partial charge in [-0.2, -0.15) is 18.3 Å². The molecule has 36 heavy (non-hydrogen) atoms. The van der Waals surface area contributed by atoms with Crippen LogP contribution in [0.2, 0.25) is 0 Å². The number of aromatic nitrogens is 4. The van der Waals surface area contributed by atoms with Gasteiger partial charge in [0.05, 0.1) is 18.4 Å². The van der Waals surface area contributed by atoms with E-state index in [9.17, 15) is 22.8 Å². The Bertz CT molecular complexity index is 1340. The summed E-state index contributed by atoms with van der Waals surface area (Å²) >= 11 is 0. The van der Waals surface area contributed by atoms with Crippen LogP contribution in [-0.4, -0.2) is 56.9 Å². The van der Waals surface area contributed by atoms with Crippen LogP contribution in [0.15, 0.2) is 39.9 Å². The minimum atomic E-state index is -4.54. The lowest BCUT2D eigenvalue weighted by molar-refractivity contribution is -0.141. The number of carbonyl (C=O) groups is 1. The van der Waals surface area contributed by atoms with Crippen LogP contribution in [0.3, 0.4) is 0 Å². The summed E-state index contributed by atoms with van der Waals surface area (Å²) in [4.78, 5) is 32.8. The third-order valence-electron chi connectivity index (χ3n) is 6.92. The van der Waals surface area contributed by atoms with Crippen LogP contribution >= 0.6 is 0 Å². The fourth-order valence-corrected chi connectivity index (χ4v) is 4.32. The quantitative estimate of drug-likeness (QED) is 0.529. The second-order valence-electron chi connectivity index (χ2n) is 9.55. The number of anilines is 1. The van der Waals surface area contributed by atoms with E-state index in [1.165, 1.54) is 16.8 Å². The summed E-state index contributed by atoms with van der Waals surface area (Å²) in [6.45, 7) is 6.12. The Morgan fingerprint density at radius 1 is 1.14 bits per heavy atom. The van der Waals surface area contributed by atoms with Gasteiger partial charge in [0.15, 0.2) is 0 Å². The second kappa shape index (κ2) is 8.75. The Morgan fingerprint density at radius 3 is 2.44 bits per heavy atom. The molecule has 1 aliphatic heterocycles. The molecule has 2 fully saturated rings. The zero-order chi connectivity index (χ0) is 25.7. The summed E-state index contributed by atoms with van der Waals surface area (Å²) in [6.07, 6.45) is 0.0196. The van der Waals surface area contributed by atoms with Crippen molar-refractivity contribution >= 4 is 11.6 Å². The van der Waals surface area contributed by atoms with Crippen LogP contribution in [-0.2, 0) is 17.5 Å². The molecule has 0 atom stereocenters. The van der Waals surface area contributed by atoms with Gasteiger partial charge in [0.2, 0.25) is 5.91 Å². The van der Waals surface area contributed by atoms with E-state index in [2.05, 4.69) is 15.2 Å². The maximum Gasteiger partial charge on any atom is 0.433 e. The summed E-state index contributed by atoms with van der Waals surface area (Å²) in [5, 5.41) is 8.26. The van der Waals surface area contributed by atoms with Gasteiger partial charge in [0.1, 0.15) is 17.1 Å². The molecule has 190 valence electrons. The van der Waals surface area contributed by atoms with Crippen molar-refractivity contribution in [3.8, 4) is 11.3 Å². The number of nitrogens with zero attached hydrogens (tertiary/aromatic N) is 6. The number of carbonyl (C=O) groups excluding carboxylic acids is 1. The van der Waals surface area contributed by atoms with Gasteiger partial charge in [0.25, 0.3) is 5.56 Å². The molecule has 5 rings (SSSR count). The van der Waals surface area contributed by atoms with Crippen molar-refractivity contribution in [2.24, 2.45) is 5.41 Å². The van der Waals surface area contributed by atoms with Crippen LogP contribution in [0, 0.1) is 12.3 Å². The molecule has 1 aliphatic carbocycles. The second-order valence-corrected chi connectivity index (χ2v) is 9.55. The lowest BCUT2D eigenvalue weighted by Gasteiger charge is -2.37. The molecule has 1 saturated heterocycles. The predicted octanol–water partition coefficient (Wildman–Crippen LogP) is 3.12. The third-order valence-corrected chi connectivity index (χ3v) is 6.92. The molecule has 3 aromatic rings. The highest BCUT2D eigenvalue weighted by atomic mass is 19.4. The van der Waals surface area contributed by atoms with Gasteiger partial charge in [-0.1, -0.05) is 12.1 Å². The van der Waals surface area contributed by atoms with Crippen LogP contribution in [0.4, 0.5) is 18.9 Å². The first-order valence-electron chi connectivity index (χ1n) is 11.7. The Labute approximate surface area is 204 Å². The number of pyridine rings is 1. The largest absolute Gasteiger partial charge is 0.433 e. The summed E-state index contributed by atoms with van der Waals surface area (Å²) in [6, 6.07) is 3.64. The number of hydrogen-bond donors (Lipinski definition) is 0. The Balaban J connectivity index is 1.30. The van der Waals surface area contributed by atoms with Crippen molar-refractivity contribution in [3.63, 3.8) is 0 Å². The van der Waals surface area contributed by atoms with Crippen molar-refractivity contribution < 1.29 is 22.5 Å². The number of amides is 1. The highest BCUT2D eigenvalue weighted by Gasteiger charge is 2.47. The minimum absolute atomic E-state index is 0.0334. The highest BCUT2D eigenvalue weighted by molar-refractivity contribution is 5.85. The van der Waals surface area contributed by atoms with Gasteiger partial charge in [-0.15, -0.1) is 0 Å². The van der Waals surface area contributed by atoms with Crippen molar-refractivity contribution in [3.05, 3.63) is 58.0 Å². The fraction of sp³-hybridized carbons (Fsp3) is 0.458. The number of aryl methyl sites for hydroxylation is 1. The van der Waals surface area contributed by atoms with E-state index in [1.807, 2.05) is 16.7 Å². The molecule has 12 heteroatoms. The van der Waals surface area contributed by atoms with Gasteiger partial charge >= 0.3 is 6.18 Å². The topological polar surface area (TPSA) is 97.4 Å². The maximum absolute atomic E-state index is 12.9. The number of alkyl halides is 3. The van der Waals surface area contributed by atoms with Crippen molar-refractivity contribution in [1.82, 2.24) is 24.8 Å². The monoisotopic (exact) mass is 502 g/mol. The number of halogens is 3. The van der Waals surface area contributed by atoms with Crippen molar-refractivity contribution in [2.45, 2.75) is 39.4 Å². The number of piperazine rings is 1. The molecule has 9 nitrogen and oxygen atoms in total. The lowest BCUT2D eigenvalue weighted by Crippen LogP contribution is -2.50. The summed E-state index contributed by atoms with van der Waals surface area (Å²) in [5.74, 6) is 0.631. The molecular formula is C24H25F3N6O3. The van der Waals surface area contributed by atoms with Crippen molar-refractivity contribution in [2.75, 3.05) is 31.1 Å². The maximum atomic E-state index is 12.9. The van der Waals surface area contributed by atoms with Crippen LogP contribution in [0.25, 0.3) is 11.3 Å². The van der Waals surface area contributed by atoms with E-state index >= 15 is 0 Å². The molecule has 0 N–H and O–H groups in total. The van der Waals surface area contributed by atoms with Crippen LogP contribution in [0.1, 0.15) is 36.8 Å². The van der Waals surface area contributed by atoms with E-state index in [-0.39, 0.29) is 23.4 Å². The number of hydrogen-bond acceptors (Lipinski definition) is 7. The van der Waals surface area contributed by atoms with Crippen LogP contribution in [0.5, 0.6) is 0 Å². The molecule has 0 spiro atoms. The first kappa shape index (κ1) is 24.0. The zero-order valence-corrected chi connectivity index (χ0v) is 19.9. The van der Waals surface area contributed by atoms with Gasteiger partial charge in [-0.25, -0.2) is 4.68 Å². The average Bonchev–Trinajstić information content (AvgIpc) is 3.51. The van der Waals surface area contributed by atoms with E-state index in [4.69, 9.17) is 4.52 Å². The highest BCUT2D eigenvalue weighted by Crippen LogP contribution is 2.46. The Hall–Kier alpha value is -3.70. The SMILES string of the molecule is Cc1onc(-c2ccc(C(F)(F)F)nc2)c1Cn1ncc(N2CCN(C(=O)C3(C)CC3)CC2)cc1=O. The van der Waals surface area contributed by atoms with Crippen LogP contribution < -0.4 is 10.5 Å². The minimum Gasteiger partial charge on any atom is -0.367 e. The molecule has 0 unspecified atom stereocenters. The normalized spacial score (nSPS) is 17.4. The Kier molecular flexibility index (Phi) is 5.84. The van der Waals surface area contributed by atoms with Gasteiger partial charge in [-0.3, -0.25) is 14.6 Å². The molecule has 1 amide bonds. The van der Waals surface area contributed by atoms with Crippen molar-refractivity contribution in [1.29, 1.82) is 0 Å². The van der Waals surface area contributed by atoms with Gasteiger partial charge < -0.3 is 14.3 Å². The van der Waals surface area contributed by atoms with E-state index < -0.39 is 11.9 Å². The summed E-state index contributed by atoms with van der Waals surface area (Å²) in [5.41, 5.74) is 0.306. The lowest BCUT2D eigenvalue weighted by atomic mass is 10.1. The van der Waals surface area contributed by atoms with E-state index in [0.29, 0.717) is 54.4 Å². The van der Waals surface area contributed by atoms with E-state index in [1.54, 1.807) is 13.1 Å². The molecule has 4 heterocycles. The summed E-state index contributed by atoms with van der Waals surface area (Å²) in [7, 11) is 0. The smallest absolute Gasteiger partial charge is 0.367 e. The first-order chi connectivity index (χ1) is 17.0. The molecule has 0 radical (unpaired) electrons. The van der Waals surface area contributed by atoms with Gasteiger partial charge in [-0.05, 0) is 31.9 Å². The van der Waals surface area contributed by atoms with Gasteiger partial charge in [0, 0.05) is 55.0 Å². The standard InChI is InChI=1S/C24H25F3N6O3/c1-15-18(21(30-36-15)16-3-4-19(28-12-16)24(25,26)27)14-33-20(34)11-17(13-29-33)31-7-9-32(10-8-31)22(35)23(2)5-6-23/h3-4,11-13H,5-10,14H2,1-2H3. The molecule has 1 saturated carbocycles. The first-order valence-corrected chi connectivity index (χ1v) is 11.7. The molecule has 2 aliphatic rings. The molecular weight excluding hydrogens is 477 g/mol. The zero-order valence-electron chi connectivity index (χ0n) is 19.9. The fourth-order valence-electron chi connectivity index (χ4n) is 4.32.